The minimum absolute atomic E-state index is 0.166. The van der Waals surface area contributed by atoms with E-state index in [1.54, 1.807) is 20.3 Å². The first-order chi connectivity index (χ1) is 14.1. The largest absolute Gasteiger partial charge is 0.496 e. The molecule has 0 unspecified atom stereocenters. The van der Waals surface area contributed by atoms with Gasteiger partial charge in [0.2, 0.25) is 0 Å². The summed E-state index contributed by atoms with van der Waals surface area (Å²) in [7, 11) is 3.15. The maximum atomic E-state index is 12.6. The summed E-state index contributed by atoms with van der Waals surface area (Å²) in [5.41, 5.74) is 6.90. The Labute approximate surface area is 167 Å². The third kappa shape index (κ3) is 3.43. The normalized spacial score (nSPS) is 12.8. The van der Waals surface area contributed by atoms with Gasteiger partial charge in [0.1, 0.15) is 5.75 Å². The number of methoxy groups -OCH3 is 1. The Morgan fingerprint density at radius 2 is 1.79 bits per heavy atom. The van der Waals surface area contributed by atoms with Gasteiger partial charge in [0, 0.05) is 18.0 Å². The number of pyridine rings is 1. The zero-order valence-electron chi connectivity index (χ0n) is 16.0. The quantitative estimate of drug-likeness (QED) is 0.513. The van der Waals surface area contributed by atoms with Gasteiger partial charge >= 0.3 is 0 Å². The molecule has 4 rings (SSSR count). The van der Waals surface area contributed by atoms with Crippen LogP contribution in [0, 0.1) is 0 Å². The zero-order chi connectivity index (χ0) is 20.4. The number of benzene rings is 2. The van der Waals surface area contributed by atoms with Crippen molar-refractivity contribution >= 4 is 17.5 Å². The number of hydrogen-bond acceptors (Lipinski definition) is 6. The summed E-state index contributed by atoms with van der Waals surface area (Å²) in [6.45, 7) is 0.166. The van der Waals surface area contributed by atoms with Crippen molar-refractivity contribution in [1.29, 1.82) is 0 Å². The minimum atomic E-state index is -0.332. The molecule has 0 bridgehead atoms. The Balaban J connectivity index is 1.67. The Kier molecular flexibility index (Phi) is 4.97. The summed E-state index contributed by atoms with van der Waals surface area (Å²) >= 11 is 0. The second-order valence-electron chi connectivity index (χ2n) is 6.54. The van der Waals surface area contributed by atoms with Crippen molar-refractivity contribution in [3.05, 3.63) is 77.6 Å². The van der Waals surface area contributed by atoms with Crippen LogP contribution in [0.5, 0.6) is 5.75 Å². The molecule has 0 fully saturated rings. The van der Waals surface area contributed by atoms with Crippen molar-refractivity contribution in [2.45, 2.75) is 6.54 Å². The van der Waals surface area contributed by atoms with E-state index < -0.39 is 0 Å². The van der Waals surface area contributed by atoms with Gasteiger partial charge in [0.25, 0.3) is 11.8 Å². The number of nitrogens with one attached hydrogen (secondary N) is 1. The lowest BCUT2D eigenvalue weighted by atomic mass is 10.0. The summed E-state index contributed by atoms with van der Waals surface area (Å²) in [6.07, 6.45) is 2.95. The van der Waals surface area contributed by atoms with Gasteiger partial charge in [0.05, 0.1) is 37.6 Å². The van der Waals surface area contributed by atoms with Gasteiger partial charge in [-0.1, -0.05) is 18.2 Å². The first-order valence-corrected chi connectivity index (χ1v) is 8.99. The SMILES string of the molecule is CONc1cccc(-c2cc(CN3C(=O)c4ccncc4C3=O)ccc2OC)c1. The Morgan fingerprint density at radius 3 is 2.55 bits per heavy atom. The summed E-state index contributed by atoms with van der Waals surface area (Å²) in [5, 5.41) is 0. The topological polar surface area (TPSA) is 80.8 Å². The summed E-state index contributed by atoms with van der Waals surface area (Å²) in [6, 6.07) is 14.9. The Bertz CT molecular complexity index is 1060. The van der Waals surface area contributed by atoms with Gasteiger partial charge < -0.3 is 4.74 Å². The van der Waals surface area contributed by atoms with Crippen LogP contribution in [0.1, 0.15) is 26.3 Å². The third-order valence-corrected chi connectivity index (χ3v) is 4.77. The average molecular weight is 389 g/mol. The number of rotatable bonds is 6. The molecule has 1 N–H and O–H groups in total. The fourth-order valence-electron chi connectivity index (χ4n) is 3.41. The maximum absolute atomic E-state index is 12.6. The molecule has 2 amide bonds. The van der Waals surface area contributed by atoms with Crippen molar-refractivity contribution in [2.75, 3.05) is 19.7 Å². The molecule has 1 aliphatic heterocycles. The summed E-state index contributed by atoms with van der Waals surface area (Å²) < 4.78 is 5.51. The predicted molar refractivity (Wildman–Crippen MR) is 108 cm³/mol. The number of nitrogens with zero attached hydrogens (tertiary/aromatic N) is 2. The van der Waals surface area contributed by atoms with Gasteiger partial charge in [-0.2, -0.15) is 0 Å². The van der Waals surface area contributed by atoms with Crippen LogP contribution in [0.25, 0.3) is 11.1 Å². The van der Waals surface area contributed by atoms with Crippen LogP contribution in [0.2, 0.25) is 0 Å². The van der Waals surface area contributed by atoms with Crippen molar-refractivity contribution in [3.63, 3.8) is 0 Å². The average Bonchev–Trinajstić information content (AvgIpc) is 2.99. The van der Waals surface area contributed by atoms with Crippen LogP contribution in [0.4, 0.5) is 5.69 Å². The molecule has 0 spiro atoms. The van der Waals surface area contributed by atoms with Crippen LogP contribution in [-0.2, 0) is 11.4 Å². The predicted octanol–water partition coefficient (Wildman–Crippen LogP) is 3.53. The van der Waals surface area contributed by atoms with Crippen LogP contribution < -0.4 is 10.2 Å². The molecule has 0 aliphatic carbocycles. The van der Waals surface area contributed by atoms with E-state index in [0.29, 0.717) is 16.9 Å². The Hall–Kier alpha value is -3.71. The lowest BCUT2D eigenvalue weighted by Gasteiger charge is -2.16. The van der Waals surface area contributed by atoms with E-state index in [0.717, 1.165) is 22.4 Å². The van der Waals surface area contributed by atoms with E-state index in [1.165, 1.54) is 17.3 Å². The van der Waals surface area contributed by atoms with E-state index in [-0.39, 0.29) is 18.4 Å². The number of ether oxygens (including phenoxy) is 1. The molecule has 3 aromatic rings. The third-order valence-electron chi connectivity index (χ3n) is 4.77. The van der Waals surface area contributed by atoms with Gasteiger partial charge in [-0.15, -0.1) is 0 Å². The molecule has 7 nitrogen and oxygen atoms in total. The molecule has 7 heteroatoms. The van der Waals surface area contributed by atoms with Crippen LogP contribution >= 0.6 is 0 Å². The highest BCUT2D eigenvalue weighted by Gasteiger charge is 2.35. The maximum Gasteiger partial charge on any atom is 0.263 e. The van der Waals surface area contributed by atoms with Crippen LogP contribution in [0.3, 0.4) is 0 Å². The number of carbonyl (C=O) groups excluding carboxylic acids is 2. The lowest BCUT2D eigenvalue weighted by Crippen LogP contribution is -2.29. The van der Waals surface area contributed by atoms with Crippen molar-refractivity contribution < 1.29 is 19.2 Å². The standard InChI is InChI=1S/C22H19N3O4/c1-28-20-7-6-14(10-18(20)15-4-3-5-16(11-15)24-29-2)13-25-21(26)17-8-9-23-12-19(17)22(25)27/h3-12,24H,13H2,1-2H3. The highest BCUT2D eigenvalue weighted by atomic mass is 16.6. The zero-order valence-corrected chi connectivity index (χ0v) is 16.0. The second kappa shape index (κ2) is 7.73. The van der Waals surface area contributed by atoms with Crippen LogP contribution in [-0.4, -0.2) is 35.9 Å². The smallest absolute Gasteiger partial charge is 0.263 e. The highest BCUT2D eigenvalue weighted by Crippen LogP contribution is 2.33. The molecule has 29 heavy (non-hydrogen) atoms. The van der Waals surface area contributed by atoms with E-state index in [9.17, 15) is 9.59 Å². The fourth-order valence-corrected chi connectivity index (χ4v) is 3.41. The molecule has 0 radical (unpaired) electrons. The van der Waals surface area contributed by atoms with E-state index >= 15 is 0 Å². The summed E-state index contributed by atoms with van der Waals surface area (Å²) in [4.78, 5) is 35.4. The fraction of sp³-hybridized carbons (Fsp3) is 0.136. The van der Waals surface area contributed by atoms with Gasteiger partial charge in [-0.3, -0.25) is 29.8 Å². The molecule has 2 aromatic carbocycles. The molecule has 1 aromatic heterocycles. The molecule has 0 atom stereocenters. The van der Waals surface area contributed by atoms with Crippen molar-refractivity contribution in [2.24, 2.45) is 0 Å². The highest BCUT2D eigenvalue weighted by molar-refractivity contribution is 6.21. The van der Waals surface area contributed by atoms with E-state index in [4.69, 9.17) is 9.57 Å². The first-order valence-electron chi connectivity index (χ1n) is 8.99. The molecule has 0 saturated heterocycles. The molecule has 146 valence electrons. The van der Waals surface area contributed by atoms with Crippen molar-refractivity contribution in [3.8, 4) is 16.9 Å². The number of imide groups is 1. The van der Waals surface area contributed by atoms with E-state index in [2.05, 4.69) is 10.5 Å². The van der Waals surface area contributed by atoms with Gasteiger partial charge in [0.15, 0.2) is 0 Å². The number of carbonyl (C=O) groups is 2. The number of aromatic nitrogens is 1. The number of fused-ring (bicyclic) bond motifs is 1. The molecule has 1 aliphatic rings. The lowest BCUT2D eigenvalue weighted by molar-refractivity contribution is 0.0642. The van der Waals surface area contributed by atoms with Gasteiger partial charge in [-0.25, -0.2) is 0 Å². The van der Waals surface area contributed by atoms with E-state index in [1.807, 2.05) is 42.5 Å². The number of hydrogen-bond donors (Lipinski definition) is 1. The first kappa shape index (κ1) is 18.6. The summed E-state index contributed by atoms with van der Waals surface area (Å²) in [5.74, 6) is 0.0488. The second-order valence-corrected chi connectivity index (χ2v) is 6.54. The van der Waals surface area contributed by atoms with Crippen LogP contribution in [0.15, 0.2) is 60.9 Å². The minimum Gasteiger partial charge on any atom is -0.496 e. The number of anilines is 1. The number of amides is 2. The molecular formula is C22H19N3O4. The Morgan fingerprint density at radius 1 is 0.966 bits per heavy atom. The molecule has 2 heterocycles. The monoisotopic (exact) mass is 389 g/mol. The van der Waals surface area contributed by atoms with Crippen molar-refractivity contribution in [1.82, 2.24) is 9.88 Å². The molecule has 0 saturated carbocycles. The molecular weight excluding hydrogens is 370 g/mol. The van der Waals surface area contributed by atoms with Gasteiger partial charge in [-0.05, 0) is 41.5 Å².